The van der Waals surface area contributed by atoms with Gasteiger partial charge in [-0.25, -0.2) is 4.98 Å². The van der Waals surface area contributed by atoms with Crippen LogP contribution < -0.4 is 5.73 Å². The van der Waals surface area contributed by atoms with Crippen LogP contribution in [0.2, 0.25) is 0 Å². The summed E-state index contributed by atoms with van der Waals surface area (Å²) in [5, 5.41) is 3.50. The van der Waals surface area contributed by atoms with Crippen LogP contribution in [0.25, 0.3) is 0 Å². The first-order valence-corrected chi connectivity index (χ1v) is 8.06. The Morgan fingerprint density at radius 1 is 1.33 bits per heavy atom. The average molecular weight is 266 g/mol. The Morgan fingerprint density at radius 3 is 2.50 bits per heavy atom. The molecule has 0 aliphatic heterocycles. The van der Waals surface area contributed by atoms with Crippen LogP contribution in [-0.4, -0.2) is 11.5 Å². The Morgan fingerprint density at radius 2 is 2.00 bits per heavy atom. The summed E-state index contributed by atoms with van der Waals surface area (Å²) in [6.45, 7) is 7.43. The number of hydrogen-bond donors (Lipinski definition) is 1. The van der Waals surface area contributed by atoms with Crippen LogP contribution in [0.15, 0.2) is 5.38 Å². The summed E-state index contributed by atoms with van der Waals surface area (Å²) in [5.41, 5.74) is 7.39. The molecule has 2 nitrogen and oxygen atoms in total. The van der Waals surface area contributed by atoms with Gasteiger partial charge in [0.15, 0.2) is 0 Å². The van der Waals surface area contributed by atoms with E-state index in [-0.39, 0.29) is 5.41 Å². The van der Waals surface area contributed by atoms with Crippen LogP contribution in [0.1, 0.15) is 69.5 Å². The second-order valence-corrected chi connectivity index (χ2v) is 7.45. The van der Waals surface area contributed by atoms with Crippen LogP contribution in [0.5, 0.6) is 0 Å². The highest BCUT2D eigenvalue weighted by Crippen LogP contribution is 2.37. The highest BCUT2D eigenvalue weighted by atomic mass is 32.1. The maximum atomic E-state index is 6.02. The predicted octanol–water partition coefficient (Wildman–Crippen LogP) is 4.06. The van der Waals surface area contributed by atoms with Crippen molar-refractivity contribution >= 4 is 11.3 Å². The van der Waals surface area contributed by atoms with Gasteiger partial charge in [0, 0.05) is 23.3 Å². The van der Waals surface area contributed by atoms with E-state index in [1.165, 1.54) is 42.8 Å². The van der Waals surface area contributed by atoms with Gasteiger partial charge in [0.05, 0.1) is 10.7 Å². The van der Waals surface area contributed by atoms with Crippen molar-refractivity contribution in [2.45, 2.75) is 64.2 Å². The third kappa shape index (κ3) is 3.12. The Bertz CT molecular complexity index is 372. The van der Waals surface area contributed by atoms with Crippen molar-refractivity contribution in [1.29, 1.82) is 0 Å². The van der Waals surface area contributed by atoms with Crippen LogP contribution in [0, 0.1) is 5.92 Å². The standard InChI is InChI=1S/C15H26N2S/c1-15(2,3)13-10-18-14(17-13)12(9-16)11-7-5-4-6-8-11/h10-12H,4-9,16H2,1-3H3. The summed E-state index contributed by atoms with van der Waals surface area (Å²) in [7, 11) is 0. The Balaban J connectivity index is 2.14. The lowest BCUT2D eigenvalue weighted by Crippen LogP contribution is -2.24. The number of hydrogen-bond acceptors (Lipinski definition) is 3. The lowest BCUT2D eigenvalue weighted by atomic mass is 9.80. The van der Waals surface area contributed by atoms with Gasteiger partial charge < -0.3 is 5.73 Å². The van der Waals surface area contributed by atoms with Crippen LogP contribution >= 0.6 is 11.3 Å². The average Bonchev–Trinajstić information content (AvgIpc) is 2.81. The summed E-state index contributed by atoms with van der Waals surface area (Å²) >= 11 is 1.81. The lowest BCUT2D eigenvalue weighted by Gasteiger charge is -2.28. The van der Waals surface area contributed by atoms with E-state index in [9.17, 15) is 0 Å². The number of nitrogens with two attached hydrogens (primary N) is 1. The second-order valence-electron chi connectivity index (χ2n) is 6.56. The van der Waals surface area contributed by atoms with Crippen molar-refractivity contribution in [3.05, 3.63) is 16.1 Å². The van der Waals surface area contributed by atoms with Crippen LogP contribution in [0.4, 0.5) is 0 Å². The highest BCUT2D eigenvalue weighted by molar-refractivity contribution is 7.09. The largest absolute Gasteiger partial charge is 0.330 e. The molecule has 1 heterocycles. The molecule has 18 heavy (non-hydrogen) atoms. The molecular formula is C15H26N2S. The number of aromatic nitrogens is 1. The molecule has 1 aromatic rings. The zero-order valence-corrected chi connectivity index (χ0v) is 12.7. The second kappa shape index (κ2) is 5.70. The molecule has 1 aliphatic carbocycles. The minimum atomic E-state index is 0.153. The minimum absolute atomic E-state index is 0.153. The van der Waals surface area contributed by atoms with Crippen molar-refractivity contribution in [3.63, 3.8) is 0 Å². The molecule has 1 saturated carbocycles. The normalized spacial score (nSPS) is 20.0. The number of nitrogens with zero attached hydrogens (tertiary/aromatic N) is 1. The maximum Gasteiger partial charge on any atom is 0.0974 e. The molecule has 0 radical (unpaired) electrons. The van der Waals surface area contributed by atoms with E-state index in [4.69, 9.17) is 10.7 Å². The van der Waals surface area contributed by atoms with E-state index in [1.807, 2.05) is 11.3 Å². The fraction of sp³-hybridized carbons (Fsp3) is 0.800. The molecule has 0 amide bonds. The van der Waals surface area contributed by atoms with Gasteiger partial charge in [-0.2, -0.15) is 0 Å². The monoisotopic (exact) mass is 266 g/mol. The summed E-state index contributed by atoms with van der Waals surface area (Å²) in [6.07, 6.45) is 6.83. The van der Waals surface area contributed by atoms with Gasteiger partial charge in [0.25, 0.3) is 0 Å². The van der Waals surface area contributed by atoms with Gasteiger partial charge in [-0.15, -0.1) is 11.3 Å². The molecule has 0 aromatic carbocycles. The maximum absolute atomic E-state index is 6.02. The van der Waals surface area contributed by atoms with Crippen LogP contribution in [-0.2, 0) is 5.41 Å². The van der Waals surface area contributed by atoms with Gasteiger partial charge in [-0.1, -0.05) is 40.0 Å². The molecule has 2 N–H and O–H groups in total. The fourth-order valence-electron chi connectivity index (χ4n) is 2.83. The summed E-state index contributed by atoms with van der Waals surface area (Å²) in [4.78, 5) is 4.87. The number of thiazole rings is 1. The van der Waals surface area contributed by atoms with E-state index in [0.29, 0.717) is 5.92 Å². The summed E-state index contributed by atoms with van der Waals surface area (Å²) < 4.78 is 0. The number of rotatable bonds is 3. The third-order valence-corrected chi connectivity index (χ3v) is 5.06. The topological polar surface area (TPSA) is 38.9 Å². The minimum Gasteiger partial charge on any atom is -0.330 e. The van der Waals surface area contributed by atoms with Crippen molar-refractivity contribution in [1.82, 2.24) is 4.98 Å². The van der Waals surface area contributed by atoms with Gasteiger partial charge in [0.1, 0.15) is 0 Å². The third-order valence-electron chi connectivity index (χ3n) is 4.08. The van der Waals surface area contributed by atoms with Gasteiger partial charge >= 0.3 is 0 Å². The van der Waals surface area contributed by atoms with E-state index in [1.54, 1.807) is 0 Å². The van der Waals surface area contributed by atoms with Crippen molar-refractivity contribution in [2.75, 3.05) is 6.54 Å². The van der Waals surface area contributed by atoms with Crippen molar-refractivity contribution in [3.8, 4) is 0 Å². The zero-order chi connectivity index (χ0) is 13.2. The summed E-state index contributed by atoms with van der Waals surface area (Å²) in [5.74, 6) is 1.26. The van der Waals surface area contributed by atoms with Crippen molar-refractivity contribution in [2.24, 2.45) is 11.7 Å². The molecule has 1 aliphatic rings. The van der Waals surface area contributed by atoms with Gasteiger partial charge in [0.2, 0.25) is 0 Å². The zero-order valence-electron chi connectivity index (χ0n) is 11.9. The van der Waals surface area contributed by atoms with E-state index >= 15 is 0 Å². The molecule has 102 valence electrons. The fourth-order valence-corrected chi connectivity index (χ4v) is 4.09. The van der Waals surface area contributed by atoms with E-state index in [2.05, 4.69) is 26.2 Å². The van der Waals surface area contributed by atoms with E-state index in [0.717, 1.165) is 12.5 Å². The van der Waals surface area contributed by atoms with E-state index < -0.39 is 0 Å². The summed E-state index contributed by atoms with van der Waals surface area (Å²) in [6, 6.07) is 0. The first kappa shape index (κ1) is 14.0. The SMILES string of the molecule is CC(C)(C)c1csc(C(CN)C2CCCCC2)n1. The lowest BCUT2D eigenvalue weighted by molar-refractivity contribution is 0.306. The van der Waals surface area contributed by atoms with Crippen LogP contribution in [0.3, 0.4) is 0 Å². The first-order chi connectivity index (χ1) is 8.52. The molecule has 1 unspecified atom stereocenters. The molecular weight excluding hydrogens is 240 g/mol. The molecule has 2 rings (SSSR count). The molecule has 3 heteroatoms. The Kier molecular flexibility index (Phi) is 4.44. The molecule has 1 aromatic heterocycles. The molecule has 1 fully saturated rings. The molecule has 1 atom stereocenters. The molecule has 0 bridgehead atoms. The van der Waals surface area contributed by atoms with Gasteiger partial charge in [-0.05, 0) is 18.8 Å². The first-order valence-electron chi connectivity index (χ1n) is 7.18. The highest BCUT2D eigenvalue weighted by Gasteiger charge is 2.27. The molecule has 0 spiro atoms. The molecule has 0 saturated heterocycles. The Hall–Kier alpha value is -0.410. The van der Waals surface area contributed by atoms with Crippen molar-refractivity contribution < 1.29 is 0 Å². The quantitative estimate of drug-likeness (QED) is 0.896. The Labute approximate surface area is 115 Å². The smallest absolute Gasteiger partial charge is 0.0974 e. The van der Waals surface area contributed by atoms with Gasteiger partial charge in [-0.3, -0.25) is 0 Å². The predicted molar refractivity (Wildman–Crippen MR) is 79.2 cm³/mol.